The summed E-state index contributed by atoms with van der Waals surface area (Å²) in [5.74, 6) is -4.95. The summed E-state index contributed by atoms with van der Waals surface area (Å²) in [6.45, 7) is 15.8. The van der Waals surface area contributed by atoms with Crippen molar-refractivity contribution >= 4 is 59.4 Å². The number of aliphatic hydroxyl groups excluding tert-OH is 1. The Kier molecular flexibility index (Phi) is 49.3. The Bertz CT molecular complexity index is 3950. The minimum Gasteiger partial charge on any atom is -0.458 e. The molecule has 6 bridgehead atoms. The summed E-state index contributed by atoms with van der Waals surface area (Å²) in [6.07, 6.45) is 0.851. The lowest BCUT2D eigenvalue weighted by atomic mass is 9.87. The standard InChI is InChI=1S/C86H137N13O38/c1-59(101)88-74-76(130-62(4)104)79(133-65(7)107)85(57-127-81(74)136-85)54-121-41-38-118-35-32-115-29-26-112-23-19-98-45-68(92-95-98)48-124-51-83(90-72(110)16-11-9-13-17-87-71(109)15-12-10-14-21-100,50-123-47-67-44-97(94-91-67)18-22-111-25-28-114-31-34-117-37-40-120-53-84-56-126-73(135-84)43-70(129-61(3)103)78(84)132-64(6)106)52-125-49-69-46-99(96-93-69)20-24-113-27-30-116-33-36-119-39-42-122-55-86-58-128-82(137-86)75(89-60(2)102)77(131-63(5)105)80(86)134-66(8)108/h44-46,70,73-82,100H,9-43,47-58H2,1-8H3,(H,87,109)(H,88,101)(H,89,102)(H,90,110). The number of aromatic nitrogens is 9. The van der Waals surface area contributed by atoms with E-state index in [0.717, 1.165) is 6.42 Å². The van der Waals surface area contributed by atoms with Crippen molar-refractivity contribution in [2.75, 3.05) is 211 Å². The van der Waals surface area contributed by atoms with Gasteiger partial charge in [0.2, 0.25) is 23.6 Å². The second-order valence-corrected chi connectivity index (χ2v) is 33.3. The summed E-state index contributed by atoms with van der Waals surface area (Å²) < 4.78 is 162. The molecule has 6 fully saturated rings. The highest BCUT2D eigenvalue weighted by atomic mass is 16.8. The summed E-state index contributed by atoms with van der Waals surface area (Å²) in [6, 6.07) is -1.89. The Morgan fingerprint density at radius 2 is 0.723 bits per heavy atom. The van der Waals surface area contributed by atoms with Gasteiger partial charge in [-0.25, -0.2) is 14.0 Å². The zero-order chi connectivity index (χ0) is 98.1. The number of ether oxygens (including phenoxy) is 27. The van der Waals surface area contributed by atoms with Gasteiger partial charge in [-0.05, 0) is 25.7 Å². The van der Waals surface area contributed by atoms with E-state index in [2.05, 4.69) is 52.2 Å². The number of carbonyl (C=O) groups is 10. The molecule has 774 valence electrons. The smallest absolute Gasteiger partial charge is 0.303 e. The second kappa shape index (κ2) is 60.4. The molecule has 14 unspecified atom stereocenters. The Morgan fingerprint density at radius 1 is 0.387 bits per heavy atom. The molecule has 0 aliphatic carbocycles. The molecule has 3 aromatic rings. The largest absolute Gasteiger partial charge is 0.458 e. The second-order valence-electron chi connectivity index (χ2n) is 33.3. The van der Waals surface area contributed by atoms with Crippen molar-refractivity contribution in [2.24, 2.45) is 0 Å². The molecule has 137 heavy (non-hydrogen) atoms. The number of aliphatic hydroxyl groups is 1. The van der Waals surface area contributed by atoms with Gasteiger partial charge in [0, 0.05) is 87.8 Å². The number of carbonyl (C=O) groups excluding carboxylic acids is 10. The minimum atomic E-state index is -1.34. The third kappa shape index (κ3) is 39.3. The molecule has 4 amide bonds. The predicted molar refractivity (Wildman–Crippen MR) is 461 cm³/mol. The topological polar surface area (TPSA) is 580 Å². The van der Waals surface area contributed by atoms with Crippen molar-refractivity contribution < 1.29 is 181 Å². The Hall–Kier alpha value is -8.76. The summed E-state index contributed by atoms with van der Waals surface area (Å²) >= 11 is 0. The van der Waals surface area contributed by atoms with Crippen LogP contribution in [0.4, 0.5) is 0 Å². The maximum atomic E-state index is 14.2. The molecule has 0 aromatic carbocycles. The molecule has 14 atom stereocenters. The SMILES string of the molecule is CC(=O)NC1C2OCC(COCCOCCOCCOCCn3cc(COCC(COCc4cn(CCOCCOCCOCCOCC56COC(CC(OC(C)=O)C5OC(C)=O)O6)nn4)(COCc4cn(CCOCCOCCOCCOCC56COC(O5)C(NC(C)=O)C(OC(C)=O)C6OC(C)=O)nn4)NC(=O)CCCCCNC(=O)CCCCCO)nn3)(O2)C(OC(C)=O)C1OC(C)=O. The molecule has 0 spiro atoms. The average molecular weight is 1960 g/mol. The van der Waals surface area contributed by atoms with Crippen molar-refractivity contribution in [2.45, 2.75) is 243 Å². The molecule has 6 saturated heterocycles. The first-order valence-electron chi connectivity index (χ1n) is 46.2. The van der Waals surface area contributed by atoms with Crippen LogP contribution in [0, 0.1) is 0 Å². The fourth-order valence-electron chi connectivity index (χ4n) is 15.6. The highest BCUT2D eigenvalue weighted by molar-refractivity contribution is 5.77. The maximum absolute atomic E-state index is 14.2. The van der Waals surface area contributed by atoms with E-state index >= 15 is 0 Å². The maximum Gasteiger partial charge on any atom is 0.303 e. The predicted octanol–water partition coefficient (Wildman–Crippen LogP) is -1.94. The third-order valence-corrected chi connectivity index (χ3v) is 21.6. The van der Waals surface area contributed by atoms with E-state index in [9.17, 15) is 47.9 Å². The number of unbranched alkanes of at least 4 members (excludes halogenated alkanes) is 4. The number of nitrogens with zero attached hydrogens (tertiary/aromatic N) is 9. The first-order chi connectivity index (χ1) is 66.2. The highest BCUT2D eigenvalue weighted by Crippen LogP contribution is 2.44. The number of fused-ring (bicyclic) bond motifs is 6. The molecule has 3 aromatic heterocycles. The zero-order valence-electron chi connectivity index (χ0n) is 79.4. The molecule has 9 heterocycles. The normalized spacial score (nSPS) is 24.0. The zero-order valence-corrected chi connectivity index (χ0v) is 79.4. The van der Waals surface area contributed by atoms with Crippen LogP contribution in [-0.2, 0) is 215 Å². The Labute approximate surface area is 793 Å². The van der Waals surface area contributed by atoms with E-state index in [1.807, 2.05) is 0 Å². The van der Waals surface area contributed by atoms with Gasteiger partial charge < -0.3 is 154 Å². The lowest BCUT2D eigenvalue weighted by Crippen LogP contribution is -2.68. The van der Waals surface area contributed by atoms with Crippen LogP contribution in [0.1, 0.15) is 130 Å². The molecule has 0 saturated carbocycles. The first kappa shape index (κ1) is 112. The number of hydrogen-bond acceptors (Lipinski definition) is 44. The monoisotopic (exact) mass is 1960 g/mol. The van der Waals surface area contributed by atoms with Crippen molar-refractivity contribution in [3.05, 3.63) is 35.7 Å². The van der Waals surface area contributed by atoms with Gasteiger partial charge in [0.05, 0.1) is 256 Å². The van der Waals surface area contributed by atoms with Gasteiger partial charge in [0.25, 0.3) is 0 Å². The third-order valence-electron chi connectivity index (χ3n) is 21.6. The quantitative estimate of drug-likeness (QED) is 0.0233. The molecule has 0 radical (unpaired) electrons. The Balaban J connectivity index is 0.714. The molecule has 9 rings (SSSR count). The molecule has 5 N–H and O–H groups in total. The lowest BCUT2D eigenvalue weighted by Gasteiger charge is -2.45. The number of hydrogen-bond donors (Lipinski definition) is 5. The van der Waals surface area contributed by atoms with E-state index < -0.39 is 138 Å². The van der Waals surface area contributed by atoms with Crippen molar-refractivity contribution in [1.29, 1.82) is 0 Å². The fourth-order valence-corrected chi connectivity index (χ4v) is 15.6. The van der Waals surface area contributed by atoms with Crippen LogP contribution in [0.3, 0.4) is 0 Å². The van der Waals surface area contributed by atoms with Crippen molar-refractivity contribution in [1.82, 2.24) is 66.2 Å². The van der Waals surface area contributed by atoms with E-state index in [1.54, 1.807) is 32.6 Å². The van der Waals surface area contributed by atoms with Gasteiger partial charge in [0.15, 0.2) is 66.2 Å². The molecular formula is C86H137N13O38. The van der Waals surface area contributed by atoms with Crippen LogP contribution in [0.25, 0.3) is 0 Å². The van der Waals surface area contributed by atoms with Gasteiger partial charge in [0.1, 0.15) is 40.8 Å². The first-order valence-corrected chi connectivity index (χ1v) is 46.2. The van der Waals surface area contributed by atoms with E-state index in [4.69, 9.17) is 133 Å². The Morgan fingerprint density at radius 3 is 1.09 bits per heavy atom. The molecule has 51 nitrogen and oxygen atoms in total. The van der Waals surface area contributed by atoms with Gasteiger partial charge in [-0.15, -0.1) is 15.3 Å². The van der Waals surface area contributed by atoms with E-state index in [0.29, 0.717) is 95.0 Å². The lowest BCUT2D eigenvalue weighted by molar-refractivity contribution is -0.251. The van der Waals surface area contributed by atoms with Crippen LogP contribution in [0.5, 0.6) is 0 Å². The minimum absolute atomic E-state index is 0.0105. The number of amides is 4. The van der Waals surface area contributed by atoms with Crippen LogP contribution < -0.4 is 21.3 Å². The van der Waals surface area contributed by atoms with Crippen molar-refractivity contribution in [3.63, 3.8) is 0 Å². The summed E-state index contributed by atoms with van der Waals surface area (Å²) in [4.78, 5) is 123. The van der Waals surface area contributed by atoms with Gasteiger partial charge in [-0.1, -0.05) is 28.5 Å². The highest BCUT2D eigenvalue weighted by Gasteiger charge is 2.66. The van der Waals surface area contributed by atoms with Gasteiger partial charge >= 0.3 is 35.8 Å². The summed E-state index contributed by atoms with van der Waals surface area (Å²) in [5.41, 5.74) is -3.72. The van der Waals surface area contributed by atoms with Crippen LogP contribution >= 0.6 is 0 Å². The molecule has 6 aliphatic rings. The van der Waals surface area contributed by atoms with Gasteiger partial charge in [-0.2, -0.15) is 0 Å². The average Bonchev–Trinajstić information content (AvgIpc) is 1.60. The van der Waals surface area contributed by atoms with Gasteiger partial charge in [-0.3, -0.25) is 47.9 Å². The van der Waals surface area contributed by atoms with Crippen LogP contribution in [-0.4, -0.2) is 411 Å². The molecule has 6 aliphatic heterocycles. The van der Waals surface area contributed by atoms with Crippen LogP contribution in [0.2, 0.25) is 0 Å². The molecular weight excluding hydrogens is 1820 g/mol. The number of nitrogens with one attached hydrogen (secondary N) is 4. The summed E-state index contributed by atoms with van der Waals surface area (Å²) in [7, 11) is 0. The number of esters is 6. The van der Waals surface area contributed by atoms with Crippen molar-refractivity contribution in [3.8, 4) is 0 Å². The van der Waals surface area contributed by atoms with E-state index in [1.165, 1.54) is 55.4 Å². The van der Waals surface area contributed by atoms with Crippen LogP contribution in [0.15, 0.2) is 18.6 Å². The fraction of sp³-hybridized carbons (Fsp3) is 0.814. The molecule has 51 heteroatoms. The number of rotatable bonds is 74. The summed E-state index contributed by atoms with van der Waals surface area (Å²) in [5, 5.41) is 46.4. The van der Waals surface area contributed by atoms with E-state index in [-0.39, 0.29) is 236 Å².